The Bertz CT molecular complexity index is 885. The van der Waals surface area contributed by atoms with Crippen LogP contribution in [-0.4, -0.2) is 36.1 Å². The third kappa shape index (κ3) is 3.36. The van der Waals surface area contributed by atoms with Crippen LogP contribution in [-0.2, 0) is 0 Å². The summed E-state index contributed by atoms with van der Waals surface area (Å²) in [5, 5.41) is 17.0. The molecule has 0 saturated heterocycles. The number of alkyl halides is 3. The van der Waals surface area contributed by atoms with Gasteiger partial charge in [0.1, 0.15) is 16.5 Å². The average Bonchev–Trinajstić information content (AvgIpc) is 2.96. The molecule has 1 aliphatic heterocycles. The largest absolute Gasteiger partial charge is 0.543 e. The number of methoxy groups -OCH3 is 2. The lowest BCUT2D eigenvalue weighted by Gasteiger charge is -2.33. The summed E-state index contributed by atoms with van der Waals surface area (Å²) in [6.45, 7) is 0. The Hall–Kier alpha value is -2.62. The van der Waals surface area contributed by atoms with E-state index in [2.05, 4.69) is 10.4 Å². The molecule has 0 radical (unpaired) electrons. The first-order valence-electron chi connectivity index (χ1n) is 7.71. The quantitative estimate of drug-likeness (QED) is 0.842. The number of carbonyl (C=O) groups excluding carboxylic acids is 1. The van der Waals surface area contributed by atoms with Crippen molar-refractivity contribution in [2.24, 2.45) is 0 Å². The first kappa shape index (κ1) is 19.2. The summed E-state index contributed by atoms with van der Waals surface area (Å²) in [6.07, 6.45) is -5.08. The van der Waals surface area contributed by atoms with Crippen molar-refractivity contribution in [1.82, 2.24) is 9.78 Å². The number of carboxylic acid groups (broad SMARTS) is 1. The zero-order valence-corrected chi connectivity index (χ0v) is 14.9. The zero-order chi connectivity index (χ0) is 19.9. The molecule has 2 heterocycles. The number of fused-ring (bicyclic) bond motifs is 1. The van der Waals surface area contributed by atoms with Crippen molar-refractivity contribution in [3.63, 3.8) is 0 Å². The predicted molar refractivity (Wildman–Crippen MR) is 87.2 cm³/mol. The molecule has 3 rings (SSSR count). The maximum absolute atomic E-state index is 13.6. The fourth-order valence-corrected chi connectivity index (χ4v) is 3.26. The molecule has 146 valence electrons. The van der Waals surface area contributed by atoms with Crippen molar-refractivity contribution in [2.45, 2.75) is 24.7 Å². The number of benzene rings is 1. The highest BCUT2D eigenvalue weighted by molar-refractivity contribution is 6.35. The number of hydrogen-bond acceptors (Lipinski definition) is 6. The van der Waals surface area contributed by atoms with Gasteiger partial charge in [-0.2, -0.15) is 18.3 Å². The van der Waals surface area contributed by atoms with Crippen molar-refractivity contribution >= 4 is 23.4 Å². The normalized spacial score (nSPS) is 19.2. The molecular weight excluding hydrogens is 391 g/mol. The zero-order valence-electron chi connectivity index (χ0n) is 14.1. The van der Waals surface area contributed by atoms with E-state index in [0.717, 1.165) is 0 Å². The van der Waals surface area contributed by atoms with Crippen molar-refractivity contribution in [3.8, 4) is 11.5 Å². The van der Waals surface area contributed by atoms with Gasteiger partial charge in [-0.05, 0) is 17.7 Å². The van der Waals surface area contributed by atoms with Gasteiger partial charge in [-0.3, -0.25) is 0 Å². The molecule has 2 atom stereocenters. The van der Waals surface area contributed by atoms with E-state index in [-0.39, 0.29) is 5.82 Å². The van der Waals surface area contributed by atoms with Crippen LogP contribution in [0.25, 0.3) is 0 Å². The lowest BCUT2D eigenvalue weighted by atomic mass is 9.96. The molecule has 1 aliphatic rings. The fourth-order valence-electron chi connectivity index (χ4n) is 3.01. The second-order valence-corrected chi connectivity index (χ2v) is 6.23. The predicted octanol–water partition coefficient (Wildman–Crippen LogP) is 2.58. The molecule has 0 unspecified atom stereocenters. The van der Waals surface area contributed by atoms with E-state index in [9.17, 15) is 23.1 Å². The van der Waals surface area contributed by atoms with Crippen molar-refractivity contribution in [3.05, 3.63) is 34.5 Å². The van der Waals surface area contributed by atoms with E-state index in [4.69, 9.17) is 21.1 Å². The molecule has 27 heavy (non-hydrogen) atoms. The van der Waals surface area contributed by atoms with E-state index in [1.165, 1.54) is 14.2 Å². The number of aromatic carboxylic acids is 1. The van der Waals surface area contributed by atoms with E-state index < -0.39 is 41.4 Å². The summed E-state index contributed by atoms with van der Waals surface area (Å²) in [7, 11) is 2.85. The molecule has 1 aromatic heterocycles. The highest BCUT2D eigenvalue weighted by Crippen LogP contribution is 2.46. The third-order valence-electron chi connectivity index (χ3n) is 4.30. The molecule has 0 bridgehead atoms. The van der Waals surface area contributed by atoms with E-state index in [1.54, 1.807) is 18.2 Å². The smallest absolute Gasteiger partial charge is 0.410 e. The number of carboxylic acids is 1. The Morgan fingerprint density at radius 2 is 2.00 bits per heavy atom. The molecule has 0 spiro atoms. The Balaban J connectivity index is 2.07. The molecular formula is C16H14ClF3N3O4-. The summed E-state index contributed by atoms with van der Waals surface area (Å²) >= 11 is 5.93. The summed E-state index contributed by atoms with van der Waals surface area (Å²) in [4.78, 5) is 11.1. The lowest BCUT2D eigenvalue weighted by molar-refractivity contribution is -0.255. The average molecular weight is 405 g/mol. The molecule has 11 heteroatoms. The summed E-state index contributed by atoms with van der Waals surface area (Å²) in [5.41, 5.74) is -0.262. The van der Waals surface area contributed by atoms with Gasteiger partial charge in [-0.25, -0.2) is 4.68 Å². The van der Waals surface area contributed by atoms with Crippen molar-refractivity contribution in [1.29, 1.82) is 0 Å². The minimum Gasteiger partial charge on any atom is -0.543 e. The van der Waals surface area contributed by atoms with Gasteiger partial charge in [0, 0.05) is 6.42 Å². The fraction of sp³-hybridized carbons (Fsp3) is 0.375. The van der Waals surface area contributed by atoms with E-state index in [0.29, 0.717) is 21.7 Å². The maximum atomic E-state index is 13.6. The van der Waals surface area contributed by atoms with Crippen LogP contribution < -0.4 is 19.9 Å². The molecule has 0 aliphatic carbocycles. The molecule has 0 fully saturated rings. The molecule has 0 saturated carbocycles. The SMILES string of the molecule is COc1ccc([C@H]2C[C@H](C(F)(F)F)n3nc(C(=O)[O-])c(Cl)c3N2)cc1OC. The highest BCUT2D eigenvalue weighted by Gasteiger charge is 2.47. The number of hydrogen-bond donors (Lipinski definition) is 1. The highest BCUT2D eigenvalue weighted by atomic mass is 35.5. The van der Waals surface area contributed by atoms with Crippen LogP contribution in [0.2, 0.25) is 5.02 Å². The number of rotatable bonds is 4. The number of aromatic nitrogens is 2. The Labute approximate surface area is 156 Å². The second kappa shape index (κ2) is 6.84. The Morgan fingerprint density at radius 1 is 1.33 bits per heavy atom. The maximum Gasteiger partial charge on any atom is 0.410 e. The lowest BCUT2D eigenvalue weighted by Crippen LogP contribution is -2.36. The van der Waals surface area contributed by atoms with Crippen molar-refractivity contribution < 1.29 is 32.5 Å². The van der Waals surface area contributed by atoms with Crippen LogP contribution in [0.15, 0.2) is 18.2 Å². The molecule has 2 aromatic rings. The first-order valence-corrected chi connectivity index (χ1v) is 8.09. The van der Waals surface area contributed by atoms with Crippen LogP contribution >= 0.6 is 11.6 Å². The minimum absolute atomic E-state index is 0.232. The number of nitrogens with zero attached hydrogens (tertiary/aromatic N) is 2. The molecule has 7 nitrogen and oxygen atoms in total. The molecule has 1 N–H and O–H groups in total. The molecule has 0 amide bonds. The van der Waals surface area contributed by atoms with Crippen LogP contribution in [0.1, 0.15) is 34.6 Å². The van der Waals surface area contributed by atoms with Gasteiger partial charge in [0.05, 0.1) is 26.2 Å². The van der Waals surface area contributed by atoms with Crippen LogP contribution in [0, 0.1) is 0 Å². The van der Waals surface area contributed by atoms with Gasteiger partial charge < -0.3 is 24.7 Å². The van der Waals surface area contributed by atoms with Crippen LogP contribution in [0.4, 0.5) is 19.0 Å². The summed E-state index contributed by atoms with van der Waals surface area (Å²) < 4.78 is 51.6. The monoisotopic (exact) mass is 404 g/mol. The van der Waals surface area contributed by atoms with Crippen molar-refractivity contribution in [2.75, 3.05) is 19.5 Å². The molecule has 1 aromatic carbocycles. The van der Waals surface area contributed by atoms with Gasteiger partial charge in [-0.1, -0.05) is 17.7 Å². The Kier molecular flexibility index (Phi) is 4.85. The van der Waals surface area contributed by atoms with Gasteiger partial charge in [0.25, 0.3) is 0 Å². The van der Waals surface area contributed by atoms with Crippen LogP contribution in [0.5, 0.6) is 11.5 Å². The van der Waals surface area contributed by atoms with Crippen LogP contribution in [0.3, 0.4) is 0 Å². The standard InChI is InChI=1S/C16H15ClF3N3O4/c1-26-9-4-3-7(5-10(9)27-2)8-6-11(16(18,19)20)23-14(21-8)12(17)13(22-23)15(24)25/h3-5,8,11,21H,6H2,1-2H3,(H,24,25)/p-1/t8-,11-/m1/s1. The van der Waals surface area contributed by atoms with E-state index in [1.807, 2.05) is 0 Å². The first-order chi connectivity index (χ1) is 12.7. The van der Waals surface area contributed by atoms with Gasteiger partial charge in [-0.15, -0.1) is 0 Å². The number of anilines is 1. The summed E-state index contributed by atoms with van der Waals surface area (Å²) in [6, 6.07) is 1.83. The van der Waals surface area contributed by atoms with E-state index >= 15 is 0 Å². The van der Waals surface area contributed by atoms with Gasteiger partial charge >= 0.3 is 6.18 Å². The number of carbonyl (C=O) groups is 1. The third-order valence-corrected chi connectivity index (χ3v) is 4.66. The Morgan fingerprint density at radius 3 is 2.56 bits per heavy atom. The second-order valence-electron chi connectivity index (χ2n) is 5.85. The number of halogens is 4. The topological polar surface area (TPSA) is 88.4 Å². The summed E-state index contributed by atoms with van der Waals surface area (Å²) in [5.74, 6) is -1.22. The minimum atomic E-state index is -4.66. The van der Waals surface area contributed by atoms with Gasteiger partial charge in [0.2, 0.25) is 0 Å². The number of nitrogens with one attached hydrogen (secondary N) is 1. The number of ether oxygens (including phenoxy) is 2. The van der Waals surface area contributed by atoms with Gasteiger partial charge in [0.15, 0.2) is 17.5 Å².